The maximum atomic E-state index is 13.0. The molecule has 12 nitrogen and oxygen atoms in total. The number of nitrogens with zero attached hydrogens (tertiary/aromatic N) is 3. The molecular formula is C40H38ClF3N8O4. The number of ether oxygens (including phenoxy) is 1. The summed E-state index contributed by atoms with van der Waals surface area (Å²) in [4.78, 5) is 50.7. The smallest absolute Gasteiger partial charge is 0.422 e. The van der Waals surface area contributed by atoms with Crippen LogP contribution in [0.15, 0.2) is 103 Å². The van der Waals surface area contributed by atoms with E-state index in [0.717, 1.165) is 29.5 Å². The first-order valence-electron chi connectivity index (χ1n) is 17.6. The number of benzene rings is 4. The van der Waals surface area contributed by atoms with E-state index in [1.54, 1.807) is 54.6 Å². The second-order valence-electron chi connectivity index (χ2n) is 14.0. The van der Waals surface area contributed by atoms with Crippen molar-refractivity contribution in [1.82, 2.24) is 25.6 Å². The second kappa shape index (κ2) is 16.7. The fourth-order valence-corrected chi connectivity index (χ4v) is 5.71. The highest BCUT2D eigenvalue weighted by atomic mass is 35.5. The Morgan fingerprint density at radius 1 is 0.750 bits per heavy atom. The third kappa shape index (κ3) is 10.9. The molecule has 1 fully saturated rings. The zero-order chi connectivity index (χ0) is 39.9. The predicted molar refractivity (Wildman–Crippen MR) is 207 cm³/mol. The van der Waals surface area contributed by atoms with E-state index in [-0.39, 0.29) is 25.0 Å². The molecule has 5 N–H and O–H groups in total. The quantitative estimate of drug-likeness (QED) is 0.0720. The Kier molecular flexibility index (Phi) is 11.7. The molecule has 0 radical (unpaired) electrons. The van der Waals surface area contributed by atoms with E-state index in [9.17, 15) is 27.6 Å². The highest BCUT2D eigenvalue weighted by Gasteiger charge is 2.45. The van der Waals surface area contributed by atoms with Crippen molar-refractivity contribution in [2.75, 3.05) is 35.6 Å². The molecule has 1 aliphatic rings. The van der Waals surface area contributed by atoms with Gasteiger partial charge in [0, 0.05) is 35.1 Å². The van der Waals surface area contributed by atoms with Crippen LogP contribution in [0.2, 0.25) is 5.02 Å². The van der Waals surface area contributed by atoms with Gasteiger partial charge in [0.15, 0.2) is 6.61 Å². The van der Waals surface area contributed by atoms with Crippen LogP contribution < -0.4 is 31.3 Å². The molecule has 1 heterocycles. The molecule has 0 spiro atoms. The normalized spacial score (nSPS) is 13.2. The van der Waals surface area contributed by atoms with Gasteiger partial charge in [-0.2, -0.15) is 28.1 Å². The number of hydrogen-bond donors (Lipinski definition) is 5. The van der Waals surface area contributed by atoms with Crippen LogP contribution in [-0.4, -0.2) is 58.5 Å². The van der Waals surface area contributed by atoms with Gasteiger partial charge in [-0.25, -0.2) is 0 Å². The topological polar surface area (TPSA) is 159 Å². The molecule has 0 unspecified atom stereocenters. The number of carbonyl (C=O) groups is 3. The summed E-state index contributed by atoms with van der Waals surface area (Å²) in [6, 6.07) is 29.7. The molecule has 0 aliphatic heterocycles. The number of alkyl halides is 3. The minimum absolute atomic E-state index is 0.0103. The lowest BCUT2D eigenvalue weighted by Crippen LogP contribution is -2.44. The van der Waals surface area contributed by atoms with Crippen molar-refractivity contribution >= 4 is 52.6 Å². The first-order valence-corrected chi connectivity index (χ1v) is 17.9. The molecule has 1 aromatic heterocycles. The van der Waals surface area contributed by atoms with Crippen molar-refractivity contribution in [3.8, 4) is 17.1 Å². The number of hydrogen-bond acceptors (Lipinski definition) is 9. The monoisotopic (exact) mass is 786 g/mol. The Morgan fingerprint density at radius 2 is 1.41 bits per heavy atom. The van der Waals surface area contributed by atoms with E-state index in [1.165, 1.54) is 0 Å². The summed E-state index contributed by atoms with van der Waals surface area (Å²) < 4.78 is 43.7. The number of anilines is 4. The Morgan fingerprint density at radius 3 is 2.09 bits per heavy atom. The molecule has 1 aliphatic carbocycles. The van der Waals surface area contributed by atoms with Crippen molar-refractivity contribution in [3.05, 3.63) is 119 Å². The minimum atomic E-state index is -4.61. The first kappa shape index (κ1) is 39.5. The number of nitrogens with one attached hydrogen (secondary N) is 5. The van der Waals surface area contributed by atoms with Gasteiger partial charge in [0.05, 0.1) is 5.54 Å². The number of carbonyl (C=O) groups excluding carboxylic acids is 3. The summed E-state index contributed by atoms with van der Waals surface area (Å²) in [5.41, 5.74) is 2.87. The first-order chi connectivity index (χ1) is 26.7. The van der Waals surface area contributed by atoms with Crippen LogP contribution in [0.3, 0.4) is 0 Å². The zero-order valence-corrected chi connectivity index (χ0v) is 31.1. The van der Waals surface area contributed by atoms with Crippen LogP contribution in [0.4, 0.5) is 36.4 Å². The number of amides is 3. The minimum Gasteiger partial charge on any atom is -0.454 e. The Balaban J connectivity index is 1.02. The van der Waals surface area contributed by atoms with Gasteiger partial charge in [0.2, 0.25) is 11.9 Å². The average Bonchev–Trinajstić information content (AvgIpc) is 3.96. The van der Waals surface area contributed by atoms with E-state index in [1.807, 2.05) is 62.4 Å². The van der Waals surface area contributed by atoms with Crippen molar-refractivity contribution in [1.29, 1.82) is 0 Å². The van der Waals surface area contributed by atoms with E-state index < -0.39 is 47.5 Å². The van der Waals surface area contributed by atoms with Gasteiger partial charge < -0.3 is 31.3 Å². The van der Waals surface area contributed by atoms with E-state index in [2.05, 4.69) is 41.5 Å². The highest BCUT2D eigenvalue weighted by Crippen LogP contribution is 2.48. The van der Waals surface area contributed by atoms with Crippen molar-refractivity contribution in [3.63, 3.8) is 0 Å². The molecule has 3 amide bonds. The maximum absolute atomic E-state index is 13.0. The number of halogens is 4. The highest BCUT2D eigenvalue weighted by molar-refractivity contribution is 6.39. The number of aromatic nitrogens is 3. The molecule has 1 saturated carbocycles. The molecule has 4 aromatic carbocycles. The molecule has 16 heteroatoms. The van der Waals surface area contributed by atoms with Crippen LogP contribution in [-0.2, 0) is 15.1 Å². The summed E-state index contributed by atoms with van der Waals surface area (Å²) in [7, 11) is 0. The lowest BCUT2D eigenvalue weighted by Gasteiger charge is -2.25. The van der Waals surface area contributed by atoms with Crippen molar-refractivity contribution in [2.45, 2.75) is 38.4 Å². The largest absolute Gasteiger partial charge is 0.454 e. The SMILES string of the molecule is CC(C)(CNC(=O)C(=O)Nc1cccc(-c2ccccc2)c1)CNC(=O)c1ccc(Nc2nc(NC3(c4ccc(Cl)cc4)CC3)nc(OCC(F)(F)F)n2)cc1. The van der Waals surface area contributed by atoms with E-state index >= 15 is 0 Å². The van der Waals surface area contributed by atoms with Gasteiger partial charge in [-0.3, -0.25) is 14.4 Å². The Labute approximate surface area is 325 Å². The molecule has 290 valence electrons. The van der Waals surface area contributed by atoms with Crippen LogP contribution in [0.25, 0.3) is 11.1 Å². The molecule has 6 rings (SSSR count). The van der Waals surface area contributed by atoms with Gasteiger partial charge in [-0.15, -0.1) is 0 Å². The molecule has 5 aromatic rings. The lowest BCUT2D eigenvalue weighted by atomic mass is 9.93. The standard InChI is InChI=1S/C40H38ClF3N8O4/c1-38(2,23-46-33(54)34(55)47-31-10-6-9-27(21-31)25-7-4-3-5-8-25)22-45-32(53)26-11-17-30(18-12-26)48-35-49-36(51-37(50-35)56-24-40(42,43)44)52-39(19-20-39)28-13-15-29(41)16-14-28/h3-18,21H,19-20,22-24H2,1-2H3,(H,45,53)(H,46,54)(H,47,55)(H2,48,49,50,51,52). The van der Waals surface area contributed by atoms with E-state index in [4.69, 9.17) is 16.3 Å². The van der Waals surface area contributed by atoms with E-state index in [0.29, 0.717) is 22.0 Å². The summed E-state index contributed by atoms with van der Waals surface area (Å²) in [5.74, 6) is -2.09. The summed E-state index contributed by atoms with van der Waals surface area (Å²) in [6.07, 6.45) is -3.14. The summed E-state index contributed by atoms with van der Waals surface area (Å²) >= 11 is 6.04. The Bertz CT molecular complexity index is 2180. The molecule has 0 saturated heterocycles. The second-order valence-corrected chi connectivity index (χ2v) is 14.5. The van der Waals surface area contributed by atoms with Crippen LogP contribution in [0.1, 0.15) is 42.6 Å². The fraction of sp³-hybridized carbons (Fsp3) is 0.250. The Hall–Kier alpha value is -6.22. The molecule has 0 bridgehead atoms. The van der Waals surface area contributed by atoms with Gasteiger partial charge in [-0.05, 0) is 83.5 Å². The fourth-order valence-electron chi connectivity index (χ4n) is 5.59. The summed E-state index contributed by atoms with van der Waals surface area (Å²) in [5, 5.41) is 14.8. The predicted octanol–water partition coefficient (Wildman–Crippen LogP) is 7.49. The van der Waals surface area contributed by atoms with Crippen LogP contribution >= 0.6 is 11.6 Å². The van der Waals surface area contributed by atoms with Gasteiger partial charge in [-0.1, -0.05) is 80.0 Å². The van der Waals surface area contributed by atoms with Gasteiger partial charge in [0.25, 0.3) is 5.91 Å². The third-order valence-corrected chi connectivity index (χ3v) is 9.02. The van der Waals surface area contributed by atoms with Crippen LogP contribution in [0.5, 0.6) is 6.01 Å². The van der Waals surface area contributed by atoms with Crippen molar-refractivity contribution < 1.29 is 32.3 Å². The van der Waals surface area contributed by atoms with Gasteiger partial charge >= 0.3 is 24.0 Å². The number of rotatable bonds is 14. The van der Waals surface area contributed by atoms with Gasteiger partial charge in [0.1, 0.15) is 0 Å². The molecular weight excluding hydrogens is 749 g/mol. The summed E-state index contributed by atoms with van der Waals surface area (Å²) in [6.45, 7) is 2.33. The average molecular weight is 787 g/mol. The van der Waals surface area contributed by atoms with Crippen LogP contribution in [0, 0.1) is 5.41 Å². The lowest BCUT2D eigenvalue weighted by molar-refractivity contribution is -0.154. The third-order valence-electron chi connectivity index (χ3n) is 8.77. The zero-order valence-electron chi connectivity index (χ0n) is 30.3. The molecule has 56 heavy (non-hydrogen) atoms. The van der Waals surface area contributed by atoms with Crippen molar-refractivity contribution in [2.24, 2.45) is 5.41 Å². The molecule has 0 atom stereocenters. The maximum Gasteiger partial charge on any atom is 0.422 e.